The van der Waals surface area contributed by atoms with Crippen LogP contribution in [-0.2, 0) is 12.1 Å². The molecule has 4 heteroatoms. The Hall–Kier alpha value is -2.59. The van der Waals surface area contributed by atoms with Crippen molar-refractivity contribution in [1.29, 1.82) is 0 Å². The predicted molar refractivity (Wildman–Crippen MR) is 89.4 cm³/mol. The van der Waals surface area contributed by atoms with Crippen LogP contribution in [0.5, 0.6) is 0 Å². The van der Waals surface area contributed by atoms with E-state index in [9.17, 15) is 9.90 Å². The van der Waals surface area contributed by atoms with Crippen molar-refractivity contribution in [3.63, 3.8) is 0 Å². The fraction of sp³-hybridized carbons (Fsp3) is 0.211. The lowest BCUT2D eigenvalue weighted by molar-refractivity contribution is 0.0829. The molecular formula is C19H18N2O2. The van der Waals surface area contributed by atoms with Crippen LogP contribution in [0.3, 0.4) is 0 Å². The average Bonchev–Trinajstić information content (AvgIpc) is 3.18. The SMILES string of the molecule is CNC(=O)c1ccc2cc([C@@]3(O)CCn4cccc43)ccc2c1. The van der Waals surface area contributed by atoms with Gasteiger partial charge in [0, 0.05) is 31.8 Å². The molecule has 1 amide bonds. The maximum absolute atomic E-state index is 11.7. The number of hydrogen-bond donors (Lipinski definition) is 2. The highest BCUT2D eigenvalue weighted by atomic mass is 16.3. The molecule has 0 radical (unpaired) electrons. The minimum absolute atomic E-state index is 0.0942. The highest BCUT2D eigenvalue weighted by Crippen LogP contribution is 2.39. The second kappa shape index (κ2) is 4.96. The highest BCUT2D eigenvalue weighted by molar-refractivity contribution is 5.98. The van der Waals surface area contributed by atoms with E-state index in [1.807, 2.05) is 54.7 Å². The van der Waals surface area contributed by atoms with Gasteiger partial charge in [0.15, 0.2) is 0 Å². The summed E-state index contributed by atoms with van der Waals surface area (Å²) in [7, 11) is 1.63. The van der Waals surface area contributed by atoms with Crippen LogP contribution in [0.25, 0.3) is 10.8 Å². The topological polar surface area (TPSA) is 54.3 Å². The lowest BCUT2D eigenvalue weighted by atomic mass is 9.88. The van der Waals surface area contributed by atoms with Gasteiger partial charge in [-0.05, 0) is 46.7 Å². The number of aliphatic hydroxyl groups is 1. The van der Waals surface area contributed by atoms with Gasteiger partial charge in [-0.3, -0.25) is 4.79 Å². The summed E-state index contributed by atoms with van der Waals surface area (Å²) >= 11 is 0. The minimum atomic E-state index is -0.933. The molecule has 0 bridgehead atoms. The Balaban J connectivity index is 1.80. The van der Waals surface area contributed by atoms with Crippen molar-refractivity contribution in [1.82, 2.24) is 9.88 Å². The fourth-order valence-electron chi connectivity index (χ4n) is 3.48. The predicted octanol–water partition coefficient (Wildman–Crippen LogP) is 2.64. The molecule has 0 aliphatic carbocycles. The van der Waals surface area contributed by atoms with Crippen molar-refractivity contribution < 1.29 is 9.90 Å². The number of aromatic nitrogens is 1. The summed E-state index contributed by atoms with van der Waals surface area (Å²) in [6.07, 6.45) is 2.69. The van der Waals surface area contributed by atoms with Crippen LogP contribution in [0.1, 0.15) is 28.0 Å². The van der Waals surface area contributed by atoms with Crippen molar-refractivity contribution in [2.24, 2.45) is 0 Å². The van der Waals surface area contributed by atoms with Crippen LogP contribution >= 0.6 is 0 Å². The Morgan fingerprint density at radius 3 is 2.78 bits per heavy atom. The summed E-state index contributed by atoms with van der Waals surface area (Å²) < 4.78 is 2.10. The molecule has 4 nitrogen and oxygen atoms in total. The second-order valence-electron chi connectivity index (χ2n) is 6.05. The van der Waals surface area contributed by atoms with Gasteiger partial charge < -0.3 is 15.0 Å². The number of fused-ring (bicyclic) bond motifs is 2. The number of hydrogen-bond acceptors (Lipinski definition) is 2. The Morgan fingerprint density at radius 1 is 1.17 bits per heavy atom. The largest absolute Gasteiger partial charge is 0.379 e. The number of aryl methyl sites for hydroxylation is 1. The molecule has 0 spiro atoms. The fourth-order valence-corrected chi connectivity index (χ4v) is 3.48. The van der Waals surface area contributed by atoms with Gasteiger partial charge in [0.25, 0.3) is 5.91 Å². The van der Waals surface area contributed by atoms with Gasteiger partial charge in [0.1, 0.15) is 5.60 Å². The monoisotopic (exact) mass is 306 g/mol. The number of nitrogens with one attached hydrogen (secondary N) is 1. The molecule has 23 heavy (non-hydrogen) atoms. The summed E-state index contributed by atoms with van der Waals surface area (Å²) in [5, 5.41) is 15.8. The summed E-state index contributed by atoms with van der Waals surface area (Å²) in [5.74, 6) is -0.0942. The van der Waals surface area contributed by atoms with Crippen LogP contribution in [0.15, 0.2) is 54.7 Å². The van der Waals surface area contributed by atoms with E-state index in [2.05, 4.69) is 9.88 Å². The lowest BCUT2D eigenvalue weighted by Gasteiger charge is -2.23. The molecule has 0 unspecified atom stereocenters. The van der Waals surface area contributed by atoms with Crippen LogP contribution in [0.2, 0.25) is 0 Å². The van der Waals surface area contributed by atoms with E-state index < -0.39 is 5.60 Å². The van der Waals surface area contributed by atoms with Crippen LogP contribution in [0.4, 0.5) is 0 Å². The van der Waals surface area contributed by atoms with E-state index in [4.69, 9.17) is 0 Å². The Kier molecular flexibility index (Phi) is 3.03. The van der Waals surface area contributed by atoms with E-state index in [1.54, 1.807) is 7.05 Å². The average molecular weight is 306 g/mol. The molecule has 2 heterocycles. The number of amides is 1. The number of nitrogens with zero attached hydrogens (tertiary/aromatic N) is 1. The first-order chi connectivity index (χ1) is 11.1. The quantitative estimate of drug-likeness (QED) is 0.765. The van der Waals surface area contributed by atoms with Crippen LogP contribution < -0.4 is 5.32 Å². The van der Waals surface area contributed by atoms with Crippen LogP contribution in [0, 0.1) is 0 Å². The first-order valence-corrected chi connectivity index (χ1v) is 7.76. The van der Waals surface area contributed by atoms with E-state index in [0.29, 0.717) is 12.0 Å². The Morgan fingerprint density at radius 2 is 1.96 bits per heavy atom. The molecule has 1 aliphatic heterocycles. The van der Waals surface area contributed by atoms with Gasteiger partial charge in [0.2, 0.25) is 0 Å². The summed E-state index contributed by atoms with van der Waals surface area (Å²) in [4.78, 5) is 11.7. The van der Waals surface area contributed by atoms with Crippen molar-refractivity contribution in [2.45, 2.75) is 18.6 Å². The van der Waals surface area contributed by atoms with E-state index in [0.717, 1.165) is 28.6 Å². The third-order valence-electron chi connectivity index (χ3n) is 4.77. The zero-order valence-corrected chi connectivity index (χ0v) is 12.9. The normalized spacial score (nSPS) is 19.7. The van der Waals surface area contributed by atoms with E-state index >= 15 is 0 Å². The van der Waals surface area contributed by atoms with Gasteiger partial charge in [-0.1, -0.05) is 18.2 Å². The van der Waals surface area contributed by atoms with Gasteiger partial charge in [-0.2, -0.15) is 0 Å². The zero-order valence-electron chi connectivity index (χ0n) is 12.9. The first kappa shape index (κ1) is 14.0. The van der Waals surface area contributed by atoms with Gasteiger partial charge >= 0.3 is 0 Å². The summed E-state index contributed by atoms with van der Waals surface area (Å²) in [6.45, 7) is 0.826. The van der Waals surface area contributed by atoms with Crippen molar-refractivity contribution in [2.75, 3.05) is 7.05 Å². The maximum Gasteiger partial charge on any atom is 0.251 e. The number of benzene rings is 2. The summed E-state index contributed by atoms with van der Waals surface area (Å²) in [6, 6.07) is 15.5. The van der Waals surface area contributed by atoms with Gasteiger partial charge in [0.05, 0.1) is 5.69 Å². The molecule has 4 rings (SSSR count). The number of carbonyl (C=O) groups is 1. The van der Waals surface area contributed by atoms with E-state index in [-0.39, 0.29) is 5.91 Å². The van der Waals surface area contributed by atoms with Crippen molar-refractivity contribution >= 4 is 16.7 Å². The third kappa shape index (κ3) is 2.06. The zero-order chi connectivity index (χ0) is 16.0. The first-order valence-electron chi connectivity index (χ1n) is 7.76. The number of carbonyl (C=O) groups excluding carboxylic acids is 1. The lowest BCUT2D eigenvalue weighted by Crippen LogP contribution is -2.23. The molecule has 2 N–H and O–H groups in total. The molecule has 0 saturated heterocycles. The second-order valence-corrected chi connectivity index (χ2v) is 6.05. The highest BCUT2D eigenvalue weighted by Gasteiger charge is 2.38. The molecule has 116 valence electrons. The van der Waals surface area contributed by atoms with Gasteiger partial charge in [-0.15, -0.1) is 0 Å². The molecule has 0 saturated carbocycles. The van der Waals surface area contributed by atoms with E-state index in [1.165, 1.54) is 0 Å². The molecule has 2 aromatic carbocycles. The minimum Gasteiger partial charge on any atom is -0.379 e. The molecule has 1 atom stereocenters. The third-order valence-corrected chi connectivity index (χ3v) is 4.77. The smallest absolute Gasteiger partial charge is 0.251 e. The standard InChI is InChI=1S/C19H18N2O2/c1-20-18(22)15-5-4-14-12-16(7-6-13(14)11-15)19(23)8-10-21-9-2-3-17(19)21/h2-7,9,11-12,23H,8,10H2,1H3,(H,20,22)/t19-/m0/s1. The Bertz CT molecular complexity index is 913. The number of rotatable bonds is 2. The molecular weight excluding hydrogens is 288 g/mol. The molecule has 1 aromatic heterocycles. The van der Waals surface area contributed by atoms with Gasteiger partial charge in [-0.25, -0.2) is 0 Å². The molecule has 0 fully saturated rings. The van der Waals surface area contributed by atoms with Crippen LogP contribution in [-0.4, -0.2) is 22.6 Å². The molecule has 1 aliphatic rings. The van der Waals surface area contributed by atoms with Crippen molar-refractivity contribution in [3.05, 3.63) is 71.5 Å². The molecule has 3 aromatic rings. The van der Waals surface area contributed by atoms with Crippen molar-refractivity contribution in [3.8, 4) is 0 Å². The summed E-state index contributed by atoms with van der Waals surface area (Å²) in [5.41, 5.74) is 1.55. The Labute approximate surface area is 134 Å². The maximum atomic E-state index is 11.7.